The monoisotopic (exact) mass is 396 g/mol. The second-order valence-electron chi connectivity index (χ2n) is 8.44. The highest BCUT2D eigenvalue weighted by Crippen LogP contribution is 2.22. The molecule has 1 aliphatic heterocycles. The molecule has 1 aliphatic rings. The van der Waals surface area contributed by atoms with Gasteiger partial charge in [0.15, 0.2) is 0 Å². The molecule has 1 aromatic heterocycles. The maximum absolute atomic E-state index is 12.1. The van der Waals surface area contributed by atoms with E-state index < -0.39 is 5.60 Å². The summed E-state index contributed by atoms with van der Waals surface area (Å²) >= 11 is 0. The van der Waals surface area contributed by atoms with E-state index >= 15 is 0 Å². The number of carbonyl (C=O) groups excluding carboxylic acids is 2. The van der Waals surface area contributed by atoms with Crippen molar-refractivity contribution in [1.29, 1.82) is 0 Å². The van der Waals surface area contributed by atoms with Crippen molar-refractivity contribution in [3.05, 3.63) is 11.8 Å². The van der Waals surface area contributed by atoms with Gasteiger partial charge in [0, 0.05) is 32.0 Å². The number of esters is 1. The van der Waals surface area contributed by atoms with Crippen LogP contribution in [0.25, 0.3) is 0 Å². The zero-order valence-corrected chi connectivity index (χ0v) is 17.5. The maximum atomic E-state index is 12.1. The minimum Gasteiger partial charge on any atom is -0.475 e. The van der Waals surface area contributed by atoms with Crippen LogP contribution in [0.4, 0.5) is 4.79 Å². The number of hydrogen-bond donors (Lipinski definition) is 0. The number of rotatable bonds is 7. The first-order valence-electron chi connectivity index (χ1n) is 9.79. The third kappa shape index (κ3) is 7.40. The van der Waals surface area contributed by atoms with Crippen LogP contribution in [-0.4, -0.2) is 54.5 Å². The molecule has 2 heterocycles. The summed E-state index contributed by atoms with van der Waals surface area (Å²) in [6.07, 6.45) is 2.40. The highest BCUT2D eigenvalue weighted by atomic mass is 16.6. The van der Waals surface area contributed by atoms with Crippen molar-refractivity contribution >= 4 is 12.1 Å². The SMILES string of the molecule is COC(=O)C[C@@H](C)Cc1cc(OCC2CCN(C(=O)OC(C)(C)C)CC2)no1. The largest absolute Gasteiger partial charge is 0.475 e. The van der Waals surface area contributed by atoms with Gasteiger partial charge in [-0.1, -0.05) is 6.92 Å². The molecule has 0 aromatic carbocycles. The summed E-state index contributed by atoms with van der Waals surface area (Å²) in [4.78, 5) is 25.1. The minimum absolute atomic E-state index is 0.102. The summed E-state index contributed by atoms with van der Waals surface area (Å²) in [6, 6.07) is 1.77. The number of nitrogens with zero attached hydrogens (tertiary/aromatic N) is 2. The van der Waals surface area contributed by atoms with Gasteiger partial charge < -0.3 is 23.6 Å². The zero-order chi connectivity index (χ0) is 20.7. The van der Waals surface area contributed by atoms with E-state index in [4.69, 9.17) is 14.0 Å². The summed E-state index contributed by atoms with van der Waals surface area (Å²) in [5.74, 6) is 1.37. The molecule has 0 aliphatic carbocycles. The fourth-order valence-corrected chi connectivity index (χ4v) is 3.05. The molecule has 1 fully saturated rings. The second-order valence-corrected chi connectivity index (χ2v) is 8.44. The second kappa shape index (κ2) is 9.80. The Morgan fingerprint density at radius 2 is 2.00 bits per heavy atom. The highest BCUT2D eigenvalue weighted by molar-refractivity contribution is 5.69. The van der Waals surface area contributed by atoms with Crippen LogP contribution in [0.5, 0.6) is 5.88 Å². The van der Waals surface area contributed by atoms with E-state index in [9.17, 15) is 9.59 Å². The molecule has 0 N–H and O–H groups in total. The Labute approximate surface area is 166 Å². The summed E-state index contributed by atoms with van der Waals surface area (Å²) in [5, 5.41) is 3.94. The molecule has 1 saturated heterocycles. The lowest BCUT2D eigenvalue weighted by Gasteiger charge is -2.33. The number of carbonyl (C=O) groups is 2. The number of ether oxygens (including phenoxy) is 3. The first-order valence-corrected chi connectivity index (χ1v) is 9.79. The van der Waals surface area contributed by atoms with Gasteiger partial charge >= 0.3 is 12.1 Å². The molecular formula is C20H32N2O6. The Balaban J connectivity index is 1.71. The van der Waals surface area contributed by atoms with Crippen molar-refractivity contribution in [1.82, 2.24) is 10.1 Å². The zero-order valence-electron chi connectivity index (χ0n) is 17.5. The smallest absolute Gasteiger partial charge is 0.410 e. The first-order chi connectivity index (χ1) is 13.2. The average Bonchev–Trinajstić information content (AvgIpc) is 3.06. The van der Waals surface area contributed by atoms with Crippen molar-refractivity contribution in [2.45, 2.75) is 59.0 Å². The van der Waals surface area contributed by atoms with Gasteiger partial charge in [-0.15, -0.1) is 0 Å². The molecule has 0 spiro atoms. The third-order valence-corrected chi connectivity index (χ3v) is 4.56. The fraction of sp³-hybridized carbons (Fsp3) is 0.750. The number of piperidine rings is 1. The van der Waals surface area contributed by atoms with Crippen molar-refractivity contribution in [3.63, 3.8) is 0 Å². The number of aromatic nitrogens is 1. The topological polar surface area (TPSA) is 91.1 Å². The normalized spacial score (nSPS) is 16.5. The van der Waals surface area contributed by atoms with Crippen LogP contribution in [0, 0.1) is 11.8 Å². The van der Waals surface area contributed by atoms with Crippen molar-refractivity contribution in [2.75, 3.05) is 26.8 Å². The van der Waals surface area contributed by atoms with Crippen molar-refractivity contribution in [3.8, 4) is 5.88 Å². The van der Waals surface area contributed by atoms with Crippen LogP contribution in [0.1, 0.15) is 52.7 Å². The Bertz CT molecular complexity index is 643. The molecule has 0 bridgehead atoms. The summed E-state index contributed by atoms with van der Waals surface area (Å²) < 4.78 is 21.1. The Morgan fingerprint density at radius 3 is 2.61 bits per heavy atom. The molecule has 2 rings (SSSR count). The lowest BCUT2D eigenvalue weighted by atomic mass is 9.98. The number of amides is 1. The van der Waals surface area contributed by atoms with Crippen LogP contribution in [0.2, 0.25) is 0 Å². The Hall–Kier alpha value is -2.25. The molecule has 0 radical (unpaired) electrons. The van der Waals surface area contributed by atoms with Gasteiger partial charge in [-0.2, -0.15) is 0 Å². The highest BCUT2D eigenvalue weighted by Gasteiger charge is 2.27. The van der Waals surface area contributed by atoms with Gasteiger partial charge in [0.2, 0.25) is 0 Å². The first kappa shape index (κ1) is 22.0. The van der Waals surface area contributed by atoms with Crippen LogP contribution < -0.4 is 4.74 Å². The van der Waals surface area contributed by atoms with Gasteiger partial charge in [0.1, 0.15) is 11.4 Å². The molecule has 0 saturated carbocycles. The molecule has 1 aromatic rings. The predicted molar refractivity (Wildman–Crippen MR) is 102 cm³/mol. The van der Waals surface area contributed by atoms with Gasteiger partial charge in [0.05, 0.1) is 13.7 Å². The number of likely N-dealkylation sites (tertiary alicyclic amines) is 1. The quantitative estimate of drug-likeness (QED) is 0.652. The molecule has 0 unspecified atom stereocenters. The van der Waals surface area contributed by atoms with Gasteiger partial charge in [-0.3, -0.25) is 4.79 Å². The van der Waals surface area contributed by atoms with E-state index in [1.54, 1.807) is 11.0 Å². The van der Waals surface area contributed by atoms with Crippen LogP contribution in [0.15, 0.2) is 10.6 Å². The molecule has 1 atom stereocenters. The van der Waals surface area contributed by atoms with E-state index in [1.807, 2.05) is 27.7 Å². The lowest BCUT2D eigenvalue weighted by Crippen LogP contribution is -2.42. The number of methoxy groups -OCH3 is 1. The third-order valence-electron chi connectivity index (χ3n) is 4.56. The van der Waals surface area contributed by atoms with E-state index in [0.717, 1.165) is 12.8 Å². The Morgan fingerprint density at radius 1 is 1.32 bits per heavy atom. The van der Waals surface area contributed by atoms with E-state index in [2.05, 4.69) is 9.89 Å². The molecule has 8 heteroatoms. The molecule has 28 heavy (non-hydrogen) atoms. The summed E-state index contributed by atoms with van der Waals surface area (Å²) in [5.41, 5.74) is -0.476. The fourth-order valence-electron chi connectivity index (χ4n) is 3.05. The van der Waals surface area contributed by atoms with E-state index in [-0.39, 0.29) is 18.0 Å². The Kier molecular flexibility index (Phi) is 7.71. The van der Waals surface area contributed by atoms with Crippen LogP contribution in [0.3, 0.4) is 0 Å². The van der Waals surface area contributed by atoms with Gasteiger partial charge in [-0.25, -0.2) is 4.79 Å². The lowest BCUT2D eigenvalue weighted by molar-refractivity contribution is -0.141. The molecule has 158 valence electrons. The average molecular weight is 396 g/mol. The van der Waals surface area contributed by atoms with E-state index in [0.29, 0.717) is 50.1 Å². The van der Waals surface area contributed by atoms with Crippen LogP contribution in [-0.2, 0) is 20.7 Å². The molecule has 8 nitrogen and oxygen atoms in total. The minimum atomic E-state index is -0.476. The van der Waals surface area contributed by atoms with Crippen molar-refractivity contribution < 1.29 is 28.3 Å². The van der Waals surface area contributed by atoms with Gasteiger partial charge in [-0.05, 0) is 50.6 Å². The van der Waals surface area contributed by atoms with Gasteiger partial charge in [0.25, 0.3) is 5.88 Å². The van der Waals surface area contributed by atoms with Crippen molar-refractivity contribution in [2.24, 2.45) is 11.8 Å². The van der Waals surface area contributed by atoms with Crippen LogP contribution >= 0.6 is 0 Å². The standard InChI is InChI=1S/C20H32N2O6/c1-14(11-18(23)25-5)10-16-12-17(21-28-16)26-13-15-6-8-22(9-7-15)19(24)27-20(2,3)4/h12,14-15H,6-11,13H2,1-5H3/t14-/m0/s1. The molecular weight excluding hydrogens is 364 g/mol. The maximum Gasteiger partial charge on any atom is 0.410 e. The molecule has 1 amide bonds. The van der Waals surface area contributed by atoms with E-state index in [1.165, 1.54) is 7.11 Å². The number of hydrogen-bond acceptors (Lipinski definition) is 7. The summed E-state index contributed by atoms with van der Waals surface area (Å²) in [7, 11) is 1.38. The predicted octanol–water partition coefficient (Wildman–Crippen LogP) is 3.44. The summed E-state index contributed by atoms with van der Waals surface area (Å²) in [6.45, 7) is 9.43.